The molecule has 0 radical (unpaired) electrons. The Balaban J connectivity index is 2.53. The van der Waals surface area contributed by atoms with Gasteiger partial charge in [0.15, 0.2) is 0 Å². The number of aliphatic hydroxyl groups is 1. The first-order valence-electron chi connectivity index (χ1n) is 5.68. The molecule has 0 spiro atoms. The van der Waals surface area contributed by atoms with Gasteiger partial charge in [0, 0.05) is 17.3 Å². The van der Waals surface area contributed by atoms with E-state index in [-0.39, 0.29) is 18.0 Å². The number of halogens is 2. The summed E-state index contributed by atoms with van der Waals surface area (Å²) >= 11 is 0. The Labute approximate surface area is 108 Å². The van der Waals surface area contributed by atoms with Gasteiger partial charge in [-0.1, -0.05) is 0 Å². The predicted molar refractivity (Wildman–Crippen MR) is 66.1 cm³/mol. The molecule has 0 aliphatic heterocycles. The zero-order valence-electron chi connectivity index (χ0n) is 10.3. The SMILES string of the molecule is Cc1cc(-c2ccc(F)cc2F)nc(C(N)CO)n1. The molecule has 3 N–H and O–H groups in total. The molecule has 0 bridgehead atoms. The van der Waals surface area contributed by atoms with Gasteiger partial charge in [0.2, 0.25) is 0 Å². The maximum atomic E-state index is 13.7. The number of benzene rings is 1. The monoisotopic (exact) mass is 265 g/mol. The number of nitrogens with two attached hydrogens (primary N) is 1. The highest BCUT2D eigenvalue weighted by Crippen LogP contribution is 2.23. The van der Waals surface area contributed by atoms with E-state index in [9.17, 15) is 8.78 Å². The molecule has 1 aromatic carbocycles. The number of hydrogen-bond acceptors (Lipinski definition) is 4. The normalized spacial score (nSPS) is 12.5. The second kappa shape index (κ2) is 5.38. The summed E-state index contributed by atoms with van der Waals surface area (Å²) < 4.78 is 26.6. The maximum Gasteiger partial charge on any atom is 0.148 e. The van der Waals surface area contributed by atoms with Crippen LogP contribution < -0.4 is 5.73 Å². The number of aromatic nitrogens is 2. The quantitative estimate of drug-likeness (QED) is 0.886. The standard InChI is InChI=1S/C13H13F2N3O/c1-7-4-12(18-13(17-7)11(16)6-19)9-3-2-8(14)5-10(9)15/h2-5,11,19H,6,16H2,1H3. The van der Waals surface area contributed by atoms with Gasteiger partial charge in [0.05, 0.1) is 18.3 Å². The molecule has 0 aliphatic carbocycles. The minimum atomic E-state index is -0.734. The Morgan fingerprint density at radius 1 is 1.26 bits per heavy atom. The zero-order valence-corrected chi connectivity index (χ0v) is 10.3. The minimum Gasteiger partial charge on any atom is -0.394 e. The average molecular weight is 265 g/mol. The summed E-state index contributed by atoms with van der Waals surface area (Å²) in [7, 11) is 0. The lowest BCUT2D eigenvalue weighted by atomic mass is 10.1. The minimum absolute atomic E-state index is 0.165. The van der Waals surface area contributed by atoms with E-state index in [0.29, 0.717) is 11.4 Å². The molecule has 0 aliphatic rings. The molecule has 0 fully saturated rings. The van der Waals surface area contributed by atoms with Gasteiger partial charge in [-0.15, -0.1) is 0 Å². The van der Waals surface area contributed by atoms with E-state index in [4.69, 9.17) is 10.8 Å². The van der Waals surface area contributed by atoms with E-state index in [2.05, 4.69) is 9.97 Å². The number of aryl methyl sites for hydroxylation is 1. The molecular formula is C13H13F2N3O. The molecule has 2 aromatic rings. The van der Waals surface area contributed by atoms with Gasteiger partial charge in [-0.3, -0.25) is 0 Å². The fourth-order valence-corrected chi connectivity index (χ4v) is 1.67. The molecule has 6 heteroatoms. The van der Waals surface area contributed by atoms with Crippen LogP contribution >= 0.6 is 0 Å². The lowest BCUT2D eigenvalue weighted by molar-refractivity contribution is 0.263. The highest BCUT2D eigenvalue weighted by Gasteiger charge is 2.13. The van der Waals surface area contributed by atoms with Crippen molar-refractivity contribution in [1.82, 2.24) is 9.97 Å². The van der Waals surface area contributed by atoms with Crippen molar-refractivity contribution in [3.8, 4) is 11.3 Å². The Kier molecular flexibility index (Phi) is 3.82. The van der Waals surface area contributed by atoms with Gasteiger partial charge in [0.1, 0.15) is 17.5 Å². The van der Waals surface area contributed by atoms with Crippen molar-refractivity contribution < 1.29 is 13.9 Å². The molecule has 1 aromatic heterocycles. The second-order valence-electron chi connectivity index (χ2n) is 4.17. The zero-order chi connectivity index (χ0) is 14.0. The maximum absolute atomic E-state index is 13.7. The molecular weight excluding hydrogens is 252 g/mol. The smallest absolute Gasteiger partial charge is 0.148 e. The van der Waals surface area contributed by atoms with E-state index < -0.39 is 17.7 Å². The summed E-state index contributed by atoms with van der Waals surface area (Å²) in [5.41, 5.74) is 6.71. The van der Waals surface area contributed by atoms with Crippen LogP contribution in [0.2, 0.25) is 0 Å². The van der Waals surface area contributed by atoms with E-state index in [1.807, 2.05) is 0 Å². The predicted octanol–water partition coefficient (Wildman–Crippen LogP) is 1.72. The first-order valence-corrected chi connectivity index (χ1v) is 5.68. The van der Waals surface area contributed by atoms with Crippen molar-refractivity contribution in [3.63, 3.8) is 0 Å². The number of hydrogen-bond donors (Lipinski definition) is 2. The van der Waals surface area contributed by atoms with E-state index in [0.717, 1.165) is 12.1 Å². The van der Waals surface area contributed by atoms with Gasteiger partial charge >= 0.3 is 0 Å². The third kappa shape index (κ3) is 2.91. The number of aliphatic hydroxyl groups excluding tert-OH is 1. The lowest BCUT2D eigenvalue weighted by Gasteiger charge is -2.10. The molecule has 1 atom stereocenters. The van der Waals surface area contributed by atoms with Gasteiger partial charge in [-0.25, -0.2) is 18.7 Å². The molecule has 0 saturated heterocycles. The number of rotatable bonds is 3. The Morgan fingerprint density at radius 2 is 2.00 bits per heavy atom. The van der Waals surface area contributed by atoms with Crippen molar-refractivity contribution in [2.75, 3.05) is 6.61 Å². The van der Waals surface area contributed by atoms with Crippen LogP contribution in [0, 0.1) is 18.6 Å². The van der Waals surface area contributed by atoms with E-state index >= 15 is 0 Å². The molecule has 0 saturated carbocycles. The van der Waals surface area contributed by atoms with Crippen LogP contribution in [0.5, 0.6) is 0 Å². The highest BCUT2D eigenvalue weighted by atomic mass is 19.1. The molecule has 1 heterocycles. The third-order valence-electron chi connectivity index (χ3n) is 2.61. The lowest BCUT2D eigenvalue weighted by Crippen LogP contribution is -2.18. The van der Waals surface area contributed by atoms with Crippen LogP contribution in [-0.2, 0) is 0 Å². The van der Waals surface area contributed by atoms with Gasteiger partial charge in [0.25, 0.3) is 0 Å². The highest BCUT2D eigenvalue weighted by molar-refractivity contribution is 5.60. The largest absolute Gasteiger partial charge is 0.394 e. The van der Waals surface area contributed by atoms with E-state index in [1.54, 1.807) is 13.0 Å². The summed E-state index contributed by atoms with van der Waals surface area (Å²) in [5.74, 6) is -1.14. The van der Waals surface area contributed by atoms with Crippen molar-refractivity contribution in [2.24, 2.45) is 5.73 Å². The van der Waals surface area contributed by atoms with Gasteiger partial charge in [-0.2, -0.15) is 0 Å². The summed E-state index contributed by atoms with van der Waals surface area (Å²) in [6, 6.07) is 4.09. The van der Waals surface area contributed by atoms with Gasteiger partial charge < -0.3 is 10.8 Å². The second-order valence-corrected chi connectivity index (χ2v) is 4.17. The summed E-state index contributed by atoms with van der Waals surface area (Å²) in [6.45, 7) is 1.40. The molecule has 0 amide bonds. The van der Waals surface area contributed by atoms with Crippen LogP contribution in [0.4, 0.5) is 8.78 Å². The van der Waals surface area contributed by atoms with Crippen molar-refractivity contribution in [1.29, 1.82) is 0 Å². The fraction of sp³-hybridized carbons (Fsp3) is 0.231. The molecule has 100 valence electrons. The fourth-order valence-electron chi connectivity index (χ4n) is 1.67. The Bertz CT molecular complexity index is 604. The van der Waals surface area contributed by atoms with Crippen LogP contribution in [0.25, 0.3) is 11.3 Å². The van der Waals surface area contributed by atoms with Crippen LogP contribution in [0.3, 0.4) is 0 Å². The van der Waals surface area contributed by atoms with Crippen molar-refractivity contribution in [3.05, 3.63) is 47.4 Å². The Morgan fingerprint density at radius 3 is 2.63 bits per heavy atom. The third-order valence-corrected chi connectivity index (χ3v) is 2.61. The van der Waals surface area contributed by atoms with E-state index in [1.165, 1.54) is 6.07 Å². The van der Waals surface area contributed by atoms with Gasteiger partial charge in [-0.05, 0) is 25.1 Å². The van der Waals surface area contributed by atoms with Crippen LogP contribution in [0.15, 0.2) is 24.3 Å². The topological polar surface area (TPSA) is 72.0 Å². The summed E-state index contributed by atoms with van der Waals surface area (Å²) in [5, 5.41) is 9.00. The van der Waals surface area contributed by atoms with Crippen molar-refractivity contribution in [2.45, 2.75) is 13.0 Å². The number of nitrogens with zero attached hydrogens (tertiary/aromatic N) is 2. The molecule has 4 nitrogen and oxygen atoms in total. The van der Waals surface area contributed by atoms with Crippen LogP contribution in [0.1, 0.15) is 17.6 Å². The van der Waals surface area contributed by atoms with Crippen molar-refractivity contribution >= 4 is 0 Å². The first-order chi connectivity index (χ1) is 9.01. The molecule has 2 rings (SSSR count). The Hall–Kier alpha value is -1.92. The average Bonchev–Trinajstić information content (AvgIpc) is 2.37. The summed E-state index contributed by atoms with van der Waals surface area (Å²) in [4.78, 5) is 8.19. The molecule has 19 heavy (non-hydrogen) atoms. The molecule has 1 unspecified atom stereocenters. The summed E-state index contributed by atoms with van der Waals surface area (Å²) in [6.07, 6.45) is 0. The van der Waals surface area contributed by atoms with Crippen LogP contribution in [-0.4, -0.2) is 21.7 Å². The first kappa shape index (κ1) is 13.5.